The Bertz CT molecular complexity index is 1150. The molecule has 1 unspecified atom stereocenters. The summed E-state index contributed by atoms with van der Waals surface area (Å²) in [5.74, 6) is 0.132. The molecule has 0 aliphatic carbocycles. The Morgan fingerprint density at radius 2 is 1.78 bits per heavy atom. The van der Waals surface area contributed by atoms with Gasteiger partial charge in [0.25, 0.3) is 0 Å². The van der Waals surface area contributed by atoms with Gasteiger partial charge in [0.15, 0.2) is 0 Å². The van der Waals surface area contributed by atoms with E-state index in [0.717, 1.165) is 11.8 Å². The number of phenols is 1. The molecule has 0 aliphatic rings. The van der Waals surface area contributed by atoms with Crippen LogP contribution < -0.4 is 14.8 Å². The van der Waals surface area contributed by atoms with Crippen LogP contribution in [0.4, 0.5) is 10.1 Å². The second kappa shape index (κ2) is 10.4. The maximum absolute atomic E-state index is 13.9. The lowest BCUT2D eigenvalue weighted by Gasteiger charge is -2.15. The minimum atomic E-state index is -3.56. The van der Waals surface area contributed by atoms with E-state index in [1.807, 2.05) is 0 Å². The van der Waals surface area contributed by atoms with Gasteiger partial charge in [-0.3, -0.25) is 4.72 Å². The van der Waals surface area contributed by atoms with Gasteiger partial charge in [-0.1, -0.05) is 36.4 Å². The molecule has 0 radical (unpaired) electrons. The van der Waals surface area contributed by atoms with Crippen molar-refractivity contribution in [2.45, 2.75) is 6.10 Å². The van der Waals surface area contributed by atoms with Gasteiger partial charge in [0.1, 0.15) is 23.9 Å². The van der Waals surface area contributed by atoms with Crippen molar-refractivity contribution in [2.24, 2.45) is 0 Å². The van der Waals surface area contributed by atoms with Crippen molar-refractivity contribution in [2.75, 3.05) is 30.7 Å². The molecule has 32 heavy (non-hydrogen) atoms. The van der Waals surface area contributed by atoms with E-state index >= 15 is 0 Å². The van der Waals surface area contributed by atoms with E-state index < -0.39 is 16.1 Å². The highest BCUT2D eigenvalue weighted by Gasteiger charge is 2.13. The summed E-state index contributed by atoms with van der Waals surface area (Å²) in [6, 6.07) is 17.9. The third-order valence-corrected chi connectivity index (χ3v) is 5.22. The smallest absolute Gasteiger partial charge is 0.229 e. The third-order valence-electron chi connectivity index (χ3n) is 4.63. The van der Waals surface area contributed by atoms with Crippen molar-refractivity contribution in [1.29, 1.82) is 0 Å². The fourth-order valence-electron chi connectivity index (χ4n) is 3.07. The number of aliphatic hydroxyl groups excluding tert-OH is 1. The van der Waals surface area contributed by atoms with Crippen LogP contribution >= 0.6 is 0 Å². The van der Waals surface area contributed by atoms with Gasteiger partial charge in [0, 0.05) is 18.7 Å². The lowest BCUT2D eigenvalue weighted by molar-refractivity contribution is 0.172. The molecule has 0 aromatic heterocycles. The number of rotatable bonds is 10. The van der Waals surface area contributed by atoms with Crippen LogP contribution in [0.2, 0.25) is 0 Å². The number of aromatic hydroxyl groups is 1. The first-order valence-corrected chi connectivity index (χ1v) is 11.8. The summed E-state index contributed by atoms with van der Waals surface area (Å²) in [4.78, 5) is 0. The molecule has 9 heteroatoms. The zero-order chi connectivity index (χ0) is 23.1. The van der Waals surface area contributed by atoms with Gasteiger partial charge >= 0.3 is 0 Å². The zero-order valence-corrected chi connectivity index (χ0v) is 18.3. The first-order valence-electron chi connectivity index (χ1n) is 9.90. The Kier molecular flexibility index (Phi) is 7.68. The summed E-state index contributed by atoms with van der Waals surface area (Å²) in [6.07, 6.45) is 0.0701. The van der Waals surface area contributed by atoms with E-state index in [9.17, 15) is 23.0 Å². The number of anilines is 1. The standard InChI is InChI=1S/C23H25FN2O5S/c1-32(29,30)26-21-14-17(8-11-22(21)27)23(28)15-25-12-13-31-18-9-6-16(7-10-18)19-4-2-3-5-20(19)24/h2-11,14,23,25-28H,12-13,15H2,1H3. The van der Waals surface area contributed by atoms with E-state index in [2.05, 4.69) is 10.0 Å². The number of halogens is 1. The monoisotopic (exact) mass is 460 g/mol. The van der Waals surface area contributed by atoms with Gasteiger partial charge < -0.3 is 20.3 Å². The molecule has 0 spiro atoms. The van der Waals surface area contributed by atoms with Crippen LogP contribution in [-0.2, 0) is 10.0 Å². The SMILES string of the molecule is CS(=O)(=O)Nc1cc(C(O)CNCCOc2ccc(-c3ccccc3F)cc2)ccc1O. The molecular weight excluding hydrogens is 435 g/mol. The van der Waals surface area contributed by atoms with Crippen molar-refractivity contribution >= 4 is 15.7 Å². The summed E-state index contributed by atoms with van der Waals surface area (Å²) >= 11 is 0. The van der Waals surface area contributed by atoms with Crippen molar-refractivity contribution in [3.05, 3.63) is 78.1 Å². The van der Waals surface area contributed by atoms with Crippen LogP contribution in [0.1, 0.15) is 11.7 Å². The molecule has 7 nitrogen and oxygen atoms in total. The molecule has 0 fully saturated rings. The van der Waals surface area contributed by atoms with Crippen molar-refractivity contribution in [3.63, 3.8) is 0 Å². The van der Waals surface area contributed by atoms with E-state index in [-0.39, 0.29) is 23.8 Å². The Labute approximate surface area is 186 Å². The number of phenolic OH excluding ortho intramolecular Hbond substituents is 1. The zero-order valence-electron chi connectivity index (χ0n) is 17.5. The maximum atomic E-state index is 13.9. The Balaban J connectivity index is 1.45. The molecule has 3 rings (SSSR count). The first-order chi connectivity index (χ1) is 15.2. The molecular formula is C23H25FN2O5S. The predicted octanol–water partition coefficient (Wildman–Crippen LogP) is 3.27. The van der Waals surface area contributed by atoms with Gasteiger partial charge in [-0.25, -0.2) is 12.8 Å². The predicted molar refractivity (Wildman–Crippen MR) is 122 cm³/mol. The highest BCUT2D eigenvalue weighted by molar-refractivity contribution is 7.92. The number of benzene rings is 3. The topological polar surface area (TPSA) is 108 Å². The van der Waals surface area contributed by atoms with Gasteiger partial charge in [-0.2, -0.15) is 0 Å². The number of aliphatic hydroxyl groups is 1. The van der Waals surface area contributed by atoms with Crippen LogP contribution in [0, 0.1) is 5.82 Å². The van der Waals surface area contributed by atoms with Crippen LogP contribution in [0.15, 0.2) is 66.7 Å². The lowest BCUT2D eigenvalue weighted by Crippen LogP contribution is -2.26. The number of nitrogens with one attached hydrogen (secondary N) is 2. The van der Waals surface area contributed by atoms with E-state index in [1.165, 1.54) is 24.3 Å². The summed E-state index contributed by atoms with van der Waals surface area (Å²) in [5.41, 5.74) is 1.74. The minimum Gasteiger partial charge on any atom is -0.506 e. The number of hydrogen-bond acceptors (Lipinski definition) is 6. The van der Waals surface area contributed by atoms with Gasteiger partial charge in [0.05, 0.1) is 18.0 Å². The van der Waals surface area contributed by atoms with E-state index in [0.29, 0.717) is 30.0 Å². The molecule has 4 N–H and O–H groups in total. The molecule has 0 heterocycles. The van der Waals surface area contributed by atoms with E-state index in [4.69, 9.17) is 4.74 Å². The van der Waals surface area contributed by atoms with E-state index in [1.54, 1.807) is 42.5 Å². The molecule has 0 saturated heterocycles. The number of sulfonamides is 1. The second-order valence-electron chi connectivity index (χ2n) is 7.22. The average molecular weight is 461 g/mol. The largest absolute Gasteiger partial charge is 0.506 e. The highest BCUT2D eigenvalue weighted by atomic mass is 32.2. The van der Waals surface area contributed by atoms with Gasteiger partial charge in [-0.05, 0) is 41.5 Å². The molecule has 0 bridgehead atoms. The summed E-state index contributed by atoms with van der Waals surface area (Å²) < 4.78 is 44.5. The van der Waals surface area contributed by atoms with Crippen LogP contribution in [0.5, 0.6) is 11.5 Å². The molecule has 0 aliphatic heterocycles. The van der Waals surface area contributed by atoms with Crippen molar-refractivity contribution in [1.82, 2.24) is 5.32 Å². The minimum absolute atomic E-state index is 0.00575. The van der Waals surface area contributed by atoms with Crippen LogP contribution in [-0.4, -0.2) is 44.6 Å². The first kappa shape index (κ1) is 23.5. The van der Waals surface area contributed by atoms with Crippen LogP contribution in [0.3, 0.4) is 0 Å². The molecule has 0 saturated carbocycles. The second-order valence-corrected chi connectivity index (χ2v) is 8.97. The molecule has 3 aromatic rings. The normalized spacial score (nSPS) is 12.3. The molecule has 3 aromatic carbocycles. The Hall–Kier alpha value is -3.14. The van der Waals surface area contributed by atoms with Crippen molar-refractivity contribution < 1.29 is 27.8 Å². The maximum Gasteiger partial charge on any atom is 0.229 e. The summed E-state index contributed by atoms with van der Waals surface area (Å²) in [7, 11) is -3.56. The lowest BCUT2D eigenvalue weighted by atomic mass is 10.1. The highest BCUT2D eigenvalue weighted by Crippen LogP contribution is 2.28. The average Bonchev–Trinajstić information content (AvgIpc) is 2.75. The van der Waals surface area contributed by atoms with Crippen LogP contribution in [0.25, 0.3) is 11.1 Å². The number of hydrogen-bond donors (Lipinski definition) is 4. The third kappa shape index (κ3) is 6.68. The van der Waals surface area contributed by atoms with Gasteiger partial charge in [0.2, 0.25) is 10.0 Å². The van der Waals surface area contributed by atoms with Crippen molar-refractivity contribution in [3.8, 4) is 22.6 Å². The fourth-order valence-corrected chi connectivity index (χ4v) is 3.63. The van der Waals surface area contributed by atoms with Gasteiger partial charge in [-0.15, -0.1) is 0 Å². The Morgan fingerprint density at radius 1 is 1.06 bits per heavy atom. The molecule has 170 valence electrons. The fraction of sp³-hybridized carbons (Fsp3) is 0.217. The Morgan fingerprint density at radius 3 is 2.47 bits per heavy atom. The molecule has 0 amide bonds. The summed E-state index contributed by atoms with van der Waals surface area (Å²) in [5, 5.41) is 23.1. The quantitative estimate of drug-likeness (QED) is 0.273. The molecule has 1 atom stereocenters. The summed E-state index contributed by atoms with van der Waals surface area (Å²) in [6.45, 7) is 1.01. The number of ether oxygens (including phenoxy) is 1.